The van der Waals surface area contributed by atoms with E-state index < -0.39 is 17.6 Å². The van der Waals surface area contributed by atoms with Crippen LogP contribution in [0.15, 0.2) is 36.4 Å². The van der Waals surface area contributed by atoms with Crippen molar-refractivity contribution in [3.63, 3.8) is 0 Å². The van der Waals surface area contributed by atoms with E-state index in [9.17, 15) is 13.6 Å². The Morgan fingerprint density at radius 2 is 1.84 bits per heavy atom. The highest BCUT2D eigenvalue weighted by molar-refractivity contribution is 5.96. The lowest BCUT2D eigenvalue weighted by molar-refractivity contribution is 0.0697. The zero-order chi connectivity index (χ0) is 14.0. The Bertz CT molecular complexity index is 639. The van der Waals surface area contributed by atoms with E-state index in [4.69, 9.17) is 9.84 Å². The van der Waals surface area contributed by atoms with Gasteiger partial charge in [-0.25, -0.2) is 13.6 Å². The fourth-order valence-corrected chi connectivity index (χ4v) is 1.77. The molecular weight excluding hydrogens is 254 g/mol. The number of hydrogen-bond acceptors (Lipinski definition) is 2. The van der Waals surface area contributed by atoms with Crippen LogP contribution in [0.2, 0.25) is 0 Å². The van der Waals surface area contributed by atoms with Crippen LogP contribution < -0.4 is 4.74 Å². The lowest BCUT2D eigenvalue weighted by Gasteiger charge is -2.09. The smallest absolute Gasteiger partial charge is 0.336 e. The zero-order valence-corrected chi connectivity index (χ0v) is 9.98. The van der Waals surface area contributed by atoms with Crippen molar-refractivity contribution in [2.75, 3.05) is 7.11 Å². The average molecular weight is 264 g/mol. The van der Waals surface area contributed by atoms with E-state index in [1.54, 1.807) is 0 Å². The van der Waals surface area contributed by atoms with Gasteiger partial charge in [-0.2, -0.15) is 0 Å². The van der Waals surface area contributed by atoms with Crippen molar-refractivity contribution in [3.05, 3.63) is 53.6 Å². The first-order valence-electron chi connectivity index (χ1n) is 5.39. The van der Waals surface area contributed by atoms with Gasteiger partial charge in [0.25, 0.3) is 0 Å². The molecule has 0 amide bonds. The van der Waals surface area contributed by atoms with E-state index >= 15 is 0 Å². The van der Waals surface area contributed by atoms with E-state index in [0.29, 0.717) is 5.75 Å². The van der Waals surface area contributed by atoms with Gasteiger partial charge in [0.1, 0.15) is 17.4 Å². The highest BCUT2D eigenvalue weighted by Gasteiger charge is 2.16. The molecule has 1 N–H and O–H groups in total. The molecule has 5 heteroatoms. The van der Waals surface area contributed by atoms with E-state index in [1.165, 1.54) is 19.2 Å². The molecule has 0 fully saturated rings. The van der Waals surface area contributed by atoms with Crippen molar-refractivity contribution < 1.29 is 23.4 Å². The molecule has 0 unspecified atom stereocenters. The van der Waals surface area contributed by atoms with Gasteiger partial charge in [0.2, 0.25) is 0 Å². The summed E-state index contributed by atoms with van der Waals surface area (Å²) < 4.78 is 32.0. The Kier molecular flexibility index (Phi) is 3.46. The number of halogens is 2. The van der Waals surface area contributed by atoms with Crippen LogP contribution >= 0.6 is 0 Å². The van der Waals surface area contributed by atoms with E-state index in [-0.39, 0.29) is 16.7 Å². The molecule has 0 aromatic heterocycles. The molecule has 0 saturated carbocycles. The molecular formula is C14H10F2O3. The van der Waals surface area contributed by atoms with Crippen LogP contribution in [0.3, 0.4) is 0 Å². The predicted molar refractivity (Wildman–Crippen MR) is 65.3 cm³/mol. The third-order valence-electron chi connectivity index (χ3n) is 2.68. The maximum Gasteiger partial charge on any atom is 0.336 e. The standard InChI is InChI=1S/C14H10F2O3/c1-19-9-3-5-10(13(16)7-9)12-6-8(15)2-4-11(12)14(17)18/h2-7H,1H3,(H,17,18). The van der Waals surface area contributed by atoms with Gasteiger partial charge in [0.05, 0.1) is 12.7 Å². The largest absolute Gasteiger partial charge is 0.497 e. The molecule has 0 bridgehead atoms. The number of ether oxygens (including phenoxy) is 1. The Hall–Kier alpha value is -2.43. The number of rotatable bonds is 3. The van der Waals surface area contributed by atoms with Crippen molar-refractivity contribution in [1.29, 1.82) is 0 Å². The molecule has 98 valence electrons. The second kappa shape index (κ2) is 5.06. The van der Waals surface area contributed by atoms with Crippen molar-refractivity contribution in [2.24, 2.45) is 0 Å². The minimum Gasteiger partial charge on any atom is -0.497 e. The second-order valence-corrected chi connectivity index (χ2v) is 3.84. The maximum absolute atomic E-state index is 13.9. The average Bonchev–Trinajstić information content (AvgIpc) is 2.38. The highest BCUT2D eigenvalue weighted by atomic mass is 19.1. The number of hydrogen-bond donors (Lipinski definition) is 1. The summed E-state index contributed by atoms with van der Waals surface area (Å²) in [6.45, 7) is 0. The molecule has 2 aromatic rings. The third kappa shape index (κ3) is 2.54. The van der Waals surface area contributed by atoms with Gasteiger partial charge in [0, 0.05) is 17.2 Å². The molecule has 2 rings (SSSR count). The molecule has 0 atom stereocenters. The Labute approximate surface area is 108 Å². The van der Waals surface area contributed by atoms with E-state index in [2.05, 4.69) is 0 Å². The minimum atomic E-state index is -1.25. The zero-order valence-electron chi connectivity index (χ0n) is 9.98. The molecule has 0 saturated heterocycles. The van der Waals surface area contributed by atoms with Crippen molar-refractivity contribution in [2.45, 2.75) is 0 Å². The van der Waals surface area contributed by atoms with E-state index in [0.717, 1.165) is 24.3 Å². The van der Waals surface area contributed by atoms with Crippen LogP contribution in [0.25, 0.3) is 11.1 Å². The molecule has 0 spiro atoms. The summed E-state index contributed by atoms with van der Waals surface area (Å²) in [5, 5.41) is 9.04. The number of aromatic carboxylic acids is 1. The summed E-state index contributed by atoms with van der Waals surface area (Å²) in [4.78, 5) is 11.1. The molecule has 0 radical (unpaired) electrons. The van der Waals surface area contributed by atoms with Crippen LogP contribution in [0.1, 0.15) is 10.4 Å². The van der Waals surface area contributed by atoms with Gasteiger partial charge in [-0.3, -0.25) is 0 Å². The second-order valence-electron chi connectivity index (χ2n) is 3.84. The summed E-state index contributed by atoms with van der Waals surface area (Å²) in [5.74, 6) is -2.25. The highest BCUT2D eigenvalue weighted by Crippen LogP contribution is 2.29. The van der Waals surface area contributed by atoms with Gasteiger partial charge < -0.3 is 9.84 Å². The Morgan fingerprint density at radius 3 is 2.42 bits per heavy atom. The van der Waals surface area contributed by atoms with Gasteiger partial charge >= 0.3 is 5.97 Å². The summed E-state index contributed by atoms with van der Waals surface area (Å²) in [6.07, 6.45) is 0. The summed E-state index contributed by atoms with van der Waals surface area (Å²) in [5.41, 5.74) is -0.157. The molecule has 2 aromatic carbocycles. The van der Waals surface area contributed by atoms with Crippen molar-refractivity contribution in [1.82, 2.24) is 0 Å². The first-order chi connectivity index (χ1) is 9.02. The molecule has 0 aliphatic heterocycles. The van der Waals surface area contributed by atoms with E-state index in [1.807, 2.05) is 0 Å². The summed E-state index contributed by atoms with van der Waals surface area (Å²) in [7, 11) is 1.39. The molecule has 0 aliphatic rings. The molecule has 0 aliphatic carbocycles. The summed E-state index contributed by atoms with van der Waals surface area (Å²) >= 11 is 0. The molecule has 0 heterocycles. The van der Waals surface area contributed by atoms with Crippen molar-refractivity contribution >= 4 is 5.97 Å². The fourth-order valence-electron chi connectivity index (χ4n) is 1.77. The number of methoxy groups -OCH3 is 1. The van der Waals surface area contributed by atoms with Crippen LogP contribution in [0.5, 0.6) is 5.75 Å². The topological polar surface area (TPSA) is 46.5 Å². The Balaban J connectivity index is 2.64. The summed E-state index contributed by atoms with van der Waals surface area (Å²) in [6, 6.07) is 7.08. The lowest BCUT2D eigenvalue weighted by Crippen LogP contribution is -2.01. The first kappa shape index (κ1) is 13.0. The van der Waals surface area contributed by atoms with Crippen LogP contribution in [-0.4, -0.2) is 18.2 Å². The first-order valence-corrected chi connectivity index (χ1v) is 5.39. The number of benzene rings is 2. The van der Waals surface area contributed by atoms with Crippen LogP contribution in [0, 0.1) is 11.6 Å². The predicted octanol–water partition coefficient (Wildman–Crippen LogP) is 3.34. The van der Waals surface area contributed by atoms with Crippen LogP contribution in [-0.2, 0) is 0 Å². The van der Waals surface area contributed by atoms with Gasteiger partial charge in [-0.1, -0.05) is 0 Å². The quantitative estimate of drug-likeness (QED) is 0.924. The SMILES string of the molecule is COc1ccc(-c2cc(F)ccc2C(=O)O)c(F)c1. The number of carbonyl (C=O) groups is 1. The number of carboxylic acid groups (broad SMARTS) is 1. The monoisotopic (exact) mass is 264 g/mol. The Morgan fingerprint density at radius 1 is 1.11 bits per heavy atom. The van der Waals surface area contributed by atoms with Gasteiger partial charge in [-0.05, 0) is 30.3 Å². The van der Waals surface area contributed by atoms with Crippen LogP contribution in [0.4, 0.5) is 8.78 Å². The normalized spacial score (nSPS) is 10.3. The molecule has 19 heavy (non-hydrogen) atoms. The third-order valence-corrected chi connectivity index (χ3v) is 2.68. The maximum atomic E-state index is 13.9. The molecule has 3 nitrogen and oxygen atoms in total. The van der Waals surface area contributed by atoms with Gasteiger partial charge in [-0.15, -0.1) is 0 Å². The number of carboxylic acids is 1. The van der Waals surface area contributed by atoms with Gasteiger partial charge in [0.15, 0.2) is 0 Å². The van der Waals surface area contributed by atoms with Crippen molar-refractivity contribution in [3.8, 4) is 16.9 Å². The lowest BCUT2D eigenvalue weighted by atomic mass is 9.99. The minimum absolute atomic E-state index is 0.00680. The fraction of sp³-hybridized carbons (Fsp3) is 0.0714.